The van der Waals surface area contributed by atoms with Crippen LogP contribution in [0, 0.1) is 12.7 Å². The molecule has 5 nitrogen and oxygen atoms in total. The lowest BCUT2D eigenvalue weighted by atomic mass is 10.1. The maximum Gasteiger partial charge on any atom is 0.257 e. The number of hydrogen-bond donors (Lipinski definition) is 2. The van der Waals surface area contributed by atoms with E-state index in [9.17, 15) is 9.18 Å². The molecule has 2 aromatic carbocycles. The first-order chi connectivity index (χ1) is 12.6. The van der Waals surface area contributed by atoms with Gasteiger partial charge in [0, 0.05) is 16.6 Å². The number of amides is 1. The molecule has 0 aliphatic heterocycles. The molecule has 0 radical (unpaired) electrons. The smallest absolute Gasteiger partial charge is 0.257 e. The molecule has 26 heavy (non-hydrogen) atoms. The predicted molar refractivity (Wildman–Crippen MR) is 98.4 cm³/mol. The number of aryl methyl sites for hydroxylation is 1. The van der Waals surface area contributed by atoms with Gasteiger partial charge in [-0.1, -0.05) is 0 Å². The minimum atomic E-state index is -0.296. The van der Waals surface area contributed by atoms with Crippen molar-refractivity contribution >= 4 is 22.5 Å². The van der Waals surface area contributed by atoms with E-state index in [0.717, 1.165) is 16.5 Å². The molecule has 2 N–H and O–H groups in total. The first-order valence-electron chi connectivity index (χ1n) is 8.08. The van der Waals surface area contributed by atoms with E-state index in [1.165, 1.54) is 12.1 Å². The molecule has 0 fully saturated rings. The van der Waals surface area contributed by atoms with E-state index in [-0.39, 0.29) is 11.7 Å². The molecule has 0 spiro atoms. The lowest BCUT2D eigenvalue weighted by Gasteiger charge is -2.09. The number of pyridine rings is 1. The number of aromatic amines is 1. The monoisotopic (exact) mass is 346 g/mol. The second-order valence-electron chi connectivity index (χ2n) is 5.96. The number of nitrogens with zero attached hydrogens (tertiary/aromatic N) is 2. The predicted octanol–water partition coefficient (Wildman–Crippen LogP) is 4.32. The molecule has 0 unspecified atom stereocenters. The van der Waals surface area contributed by atoms with Gasteiger partial charge in [-0.15, -0.1) is 0 Å². The highest BCUT2D eigenvalue weighted by atomic mass is 19.1. The van der Waals surface area contributed by atoms with Crippen molar-refractivity contribution in [2.45, 2.75) is 6.92 Å². The van der Waals surface area contributed by atoms with Crippen molar-refractivity contribution in [3.63, 3.8) is 0 Å². The van der Waals surface area contributed by atoms with Gasteiger partial charge in [-0.2, -0.15) is 5.10 Å². The number of nitrogens with one attached hydrogen (secondary N) is 2. The Hall–Kier alpha value is -3.54. The van der Waals surface area contributed by atoms with Crippen LogP contribution in [-0.4, -0.2) is 21.1 Å². The van der Waals surface area contributed by atoms with Crippen molar-refractivity contribution in [2.24, 2.45) is 0 Å². The van der Waals surface area contributed by atoms with Gasteiger partial charge < -0.3 is 5.32 Å². The summed E-state index contributed by atoms with van der Waals surface area (Å²) in [7, 11) is 0. The summed E-state index contributed by atoms with van der Waals surface area (Å²) in [5, 5.41) is 10.7. The summed E-state index contributed by atoms with van der Waals surface area (Å²) in [5.41, 5.74) is 4.11. The molecule has 6 heteroatoms. The third kappa shape index (κ3) is 3.04. The summed E-state index contributed by atoms with van der Waals surface area (Å²) in [4.78, 5) is 17.1. The summed E-state index contributed by atoms with van der Waals surface area (Å²) in [6.45, 7) is 1.78. The second kappa shape index (κ2) is 6.40. The lowest BCUT2D eigenvalue weighted by molar-refractivity contribution is 0.102. The molecule has 128 valence electrons. The Kier molecular flexibility index (Phi) is 3.93. The van der Waals surface area contributed by atoms with E-state index in [4.69, 9.17) is 0 Å². The van der Waals surface area contributed by atoms with Gasteiger partial charge in [-0.3, -0.25) is 14.9 Å². The highest BCUT2D eigenvalue weighted by Gasteiger charge is 2.12. The fourth-order valence-corrected chi connectivity index (χ4v) is 2.80. The standard InChI is InChI=1S/C20H15FN4O/c1-12-17(8-9-18(23-12)13-2-5-15(21)6-3-13)20(26)24-16-7-4-14-11-22-25-19(14)10-16/h2-11H,1H3,(H,22,25)(H,24,26). The molecular formula is C20H15FN4O. The van der Waals surface area contributed by atoms with Crippen molar-refractivity contribution in [1.82, 2.24) is 15.2 Å². The van der Waals surface area contributed by atoms with Crippen LogP contribution in [0.3, 0.4) is 0 Å². The molecule has 2 aromatic heterocycles. The molecule has 0 aliphatic carbocycles. The van der Waals surface area contributed by atoms with Crippen LogP contribution in [-0.2, 0) is 0 Å². The van der Waals surface area contributed by atoms with Gasteiger partial charge in [0.25, 0.3) is 5.91 Å². The Morgan fingerprint density at radius 3 is 2.65 bits per heavy atom. The molecule has 2 heterocycles. The zero-order valence-corrected chi connectivity index (χ0v) is 14.0. The summed E-state index contributed by atoms with van der Waals surface area (Å²) in [5.74, 6) is -0.532. The van der Waals surface area contributed by atoms with Gasteiger partial charge in [-0.25, -0.2) is 4.39 Å². The zero-order valence-electron chi connectivity index (χ0n) is 14.0. The molecule has 1 amide bonds. The van der Waals surface area contributed by atoms with Crippen LogP contribution in [0.1, 0.15) is 16.1 Å². The van der Waals surface area contributed by atoms with Crippen LogP contribution in [0.2, 0.25) is 0 Å². The highest BCUT2D eigenvalue weighted by Crippen LogP contribution is 2.21. The van der Waals surface area contributed by atoms with Gasteiger partial charge in [-0.05, 0) is 61.5 Å². The van der Waals surface area contributed by atoms with Crippen LogP contribution in [0.5, 0.6) is 0 Å². The third-order valence-electron chi connectivity index (χ3n) is 4.17. The van der Waals surface area contributed by atoms with Crippen LogP contribution in [0.25, 0.3) is 22.2 Å². The van der Waals surface area contributed by atoms with E-state index in [1.807, 2.05) is 18.2 Å². The Morgan fingerprint density at radius 1 is 1.08 bits per heavy atom. The van der Waals surface area contributed by atoms with Crippen molar-refractivity contribution in [3.05, 3.63) is 77.9 Å². The number of fused-ring (bicyclic) bond motifs is 1. The van der Waals surface area contributed by atoms with Crippen LogP contribution < -0.4 is 5.32 Å². The average molecular weight is 346 g/mol. The molecular weight excluding hydrogens is 331 g/mol. The Balaban J connectivity index is 1.58. The summed E-state index contributed by atoms with van der Waals surface area (Å²) < 4.78 is 13.1. The fraction of sp³-hybridized carbons (Fsp3) is 0.0500. The molecule has 4 aromatic rings. The van der Waals surface area contributed by atoms with Crippen molar-refractivity contribution < 1.29 is 9.18 Å². The van der Waals surface area contributed by atoms with Crippen LogP contribution in [0.4, 0.5) is 10.1 Å². The molecule has 0 saturated carbocycles. The van der Waals surface area contributed by atoms with Gasteiger partial charge >= 0.3 is 0 Å². The number of rotatable bonds is 3. The Labute approximate surface area is 148 Å². The third-order valence-corrected chi connectivity index (χ3v) is 4.17. The Bertz CT molecular complexity index is 1100. The fourth-order valence-electron chi connectivity index (χ4n) is 2.80. The molecule has 0 saturated heterocycles. The SMILES string of the molecule is Cc1nc(-c2ccc(F)cc2)ccc1C(=O)Nc1ccc2cn[nH]c2c1. The van der Waals surface area contributed by atoms with Crippen LogP contribution >= 0.6 is 0 Å². The van der Waals surface area contributed by atoms with Crippen molar-refractivity contribution in [1.29, 1.82) is 0 Å². The zero-order chi connectivity index (χ0) is 18.1. The largest absolute Gasteiger partial charge is 0.322 e. The van der Waals surface area contributed by atoms with Gasteiger partial charge in [0.15, 0.2) is 0 Å². The number of anilines is 1. The van der Waals surface area contributed by atoms with Gasteiger partial charge in [0.2, 0.25) is 0 Å². The molecule has 0 atom stereocenters. The van der Waals surface area contributed by atoms with Crippen molar-refractivity contribution in [3.8, 4) is 11.3 Å². The second-order valence-corrected chi connectivity index (χ2v) is 5.96. The number of H-pyrrole nitrogens is 1. The van der Waals surface area contributed by atoms with Gasteiger partial charge in [0.05, 0.1) is 28.7 Å². The van der Waals surface area contributed by atoms with E-state index in [1.54, 1.807) is 37.4 Å². The quantitative estimate of drug-likeness (QED) is 0.580. The average Bonchev–Trinajstić information content (AvgIpc) is 3.10. The summed E-state index contributed by atoms with van der Waals surface area (Å²) in [6, 6.07) is 15.1. The Morgan fingerprint density at radius 2 is 1.88 bits per heavy atom. The number of carbonyl (C=O) groups excluding carboxylic acids is 1. The number of carbonyl (C=O) groups is 1. The molecule has 4 rings (SSSR count). The van der Waals surface area contributed by atoms with E-state index >= 15 is 0 Å². The van der Waals surface area contributed by atoms with Crippen LogP contribution in [0.15, 0.2) is 60.8 Å². The molecule has 0 bridgehead atoms. The summed E-state index contributed by atoms with van der Waals surface area (Å²) >= 11 is 0. The minimum absolute atomic E-state index is 0.237. The lowest BCUT2D eigenvalue weighted by Crippen LogP contribution is -2.14. The minimum Gasteiger partial charge on any atom is -0.322 e. The summed E-state index contributed by atoms with van der Waals surface area (Å²) in [6.07, 6.45) is 1.73. The van der Waals surface area contributed by atoms with E-state index in [2.05, 4.69) is 20.5 Å². The number of benzene rings is 2. The number of aromatic nitrogens is 3. The van der Waals surface area contributed by atoms with Gasteiger partial charge in [0.1, 0.15) is 5.82 Å². The maximum absolute atomic E-state index is 13.1. The van der Waals surface area contributed by atoms with E-state index < -0.39 is 0 Å². The highest BCUT2D eigenvalue weighted by molar-refractivity contribution is 6.05. The topological polar surface area (TPSA) is 70.7 Å². The molecule has 0 aliphatic rings. The van der Waals surface area contributed by atoms with Crippen molar-refractivity contribution in [2.75, 3.05) is 5.32 Å². The first kappa shape index (κ1) is 16.0. The maximum atomic E-state index is 13.1. The number of hydrogen-bond acceptors (Lipinski definition) is 3. The normalized spacial score (nSPS) is 10.8. The first-order valence-corrected chi connectivity index (χ1v) is 8.08. The van der Waals surface area contributed by atoms with E-state index in [0.29, 0.717) is 22.6 Å². The number of halogens is 1.